The van der Waals surface area contributed by atoms with Crippen LogP contribution in [-0.4, -0.2) is 85.0 Å². The van der Waals surface area contributed by atoms with Crippen molar-refractivity contribution in [3.05, 3.63) is 108 Å². The van der Waals surface area contributed by atoms with E-state index < -0.39 is 5.79 Å². The van der Waals surface area contributed by atoms with E-state index in [1.165, 1.54) is 0 Å². The highest BCUT2D eigenvalue weighted by Gasteiger charge is 2.45. The van der Waals surface area contributed by atoms with Crippen LogP contribution in [0.4, 0.5) is 11.4 Å². The van der Waals surface area contributed by atoms with Crippen LogP contribution in [0.2, 0.25) is 0 Å². The standard InChI is InChI=1S/C36H40N10O4/c1-3-26(2)46-35(47)44(25-40-46)31-7-5-29(6-8-31)42-16-18-43(19-17-42)30-9-11-32(12-10-30)48-22-33-23-49-36(50-33,24-45-38-14-15-39-45)28-4-13-34-27(20-28)21-37-41-34/h4-15,20-21,25-26,33H,3,16-19,22-24H2,1-2H3,(H,37,41). The highest BCUT2D eigenvalue weighted by Crippen LogP contribution is 2.37. The fourth-order valence-corrected chi connectivity index (χ4v) is 6.62. The van der Waals surface area contributed by atoms with Crippen molar-refractivity contribution in [2.24, 2.45) is 0 Å². The number of H-pyrrole nitrogens is 1. The van der Waals surface area contributed by atoms with Crippen LogP contribution in [0.1, 0.15) is 31.9 Å². The third-order valence-electron chi connectivity index (χ3n) is 9.67. The molecule has 0 bridgehead atoms. The predicted octanol–water partition coefficient (Wildman–Crippen LogP) is 4.15. The zero-order valence-corrected chi connectivity index (χ0v) is 28.1. The van der Waals surface area contributed by atoms with E-state index >= 15 is 0 Å². The molecule has 3 atom stereocenters. The van der Waals surface area contributed by atoms with E-state index in [-0.39, 0.29) is 17.8 Å². The lowest BCUT2D eigenvalue weighted by Gasteiger charge is -2.37. The summed E-state index contributed by atoms with van der Waals surface area (Å²) < 4.78 is 22.2. The Hall–Kier alpha value is -5.47. The van der Waals surface area contributed by atoms with Crippen LogP contribution in [0, 0.1) is 0 Å². The fourth-order valence-electron chi connectivity index (χ4n) is 6.62. The lowest BCUT2D eigenvalue weighted by atomic mass is 10.0. The first-order chi connectivity index (χ1) is 24.5. The van der Waals surface area contributed by atoms with E-state index in [4.69, 9.17) is 14.2 Å². The molecule has 50 heavy (non-hydrogen) atoms. The van der Waals surface area contributed by atoms with Gasteiger partial charge in [-0.2, -0.15) is 25.2 Å². The molecule has 0 radical (unpaired) electrons. The molecular weight excluding hydrogens is 636 g/mol. The van der Waals surface area contributed by atoms with Gasteiger partial charge in [0.05, 0.1) is 42.4 Å². The summed E-state index contributed by atoms with van der Waals surface area (Å²) in [6, 6.07) is 22.4. The number of piperazine rings is 1. The van der Waals surface area contributed by atoms with E-state index in [0.29, 0.717) is 19.8 Å². The summed E-state index contributed by atoms with van der Waals surface area (Å²) in [5, 5.41) is 21.0. The second-order valence-electron chi connectivity index (χ2n) is 12.8. The first-order valence-corrected chi connectivity index (χ1v) is 17.1. The molecule has 0 aliphatic carbocycles. The van der Waals surface area contributed by atoms with E-state index in [9.17, 15) is 4.79 Å². The molecule has 0 spiro atoms. The average Bonchev–Trinajstić information content (AvgIpc) is 3.99. The van der Waals surface area contributed by atoms with Gasteiger partial charge in [-0.1, -0.05) is 13.0 Å². The third kappa shape index (κ3) is 6.23. The van der Waals surface area contributed by atoms with Gasteiger partial charge in [-0.25, -0.2) is 14.0 Å². The van der Waals surface area contributed by atoms with Gasteiger partial charge in [0, 0.05) is 48.5 Å². The highest BCUT2D eigenvalue weighted by atomic mass is 16.8. The second kappa shape index (κ2) is 13.4. The molecule has 258 valence electrons. The molecule has 14 nitrogen and oxygen atoms in total. The zero-order valence-electron chi connectivity index (χ0n) is 28.1. The Morgan fingerprint density at radius 3 is 2.30 bits per heavy atom. The maximum absolute atomic E-state index is 12.8. The summed E-state index contributed by atoms with van der Waals surface area (Å²) in [5.74, 6) is -0.278. The van der Waals surface area contributed by atoms with Crippen LogP contribution >= 0.6 is 0 Å². The number of hydrogen-bond donors (Lipinski definition) is 1. The van der Waals surface area contributed by atoms with Gasteiger partial charge in [-0.05, 0) is 74.0 Å². The van der Waals surface area contributed by atoms with Gasteiger partial charge in [0.1, 0.15) is 31.3 Å². The minimum Gasteiger partial charge on any atom is -0.491 e. The van der Waals surface area contributed by atoms with Gasteiger partial charge in [-0.3, -0.25) is 5.10 Å². The van der Waals surface area contributed by atoms with E-state index in [1.807, 2.05) is 49.4 Å². The maximum Gasteiger partial charge on any atom is 0.350 e. The molecule has 2 aliphatic heterocycles. The Labute approximate surface area is 288 Å². The second-order valence-corrected chi connectivity index (χ2v) is 12.8. The summed E-state index contributed by atoms with van der Waals surface area (Å²) in [4.78, 5) is 19.2. The molecule has 0 amide bonds. The minimum absolute atomic E-state index is 0.0680. The number of aromatic nitrogens is 8. The number of ether oxygens (including phenoxy) is 3. The molecular formula is C36H40N10O4. The van der Waals surface area contributed by atoms with E-state index in [1.54, 1.807) is 39.0 Å². The molecule has 0 saturated carbocycles. The predicted molar refractivity (Wildman–Crippen MR) is 188 cm³/mol. The minimum atomic E-state index is -1.05. The monoisotopic (exact) mass is 676 g/mol. The zero-order chi connectivity index (χ0) is 34.1. The van der Waals surface area contributed by atoms with Crippen LogP contribution in [0.3, 0.4) is 0 Å². The van der Waals surface area contributed by atoms with Gasteiger partial charge >= 0.3 is 5.69 Å². The van der Waals surface area contributed by atoms with Crippen LogP contribution in [0.5, 0.6) is 5.75 Å². The van der Waals surface area contributed by atoms with Gasteiger partial charge in [0.25, 0.3) is 0 Å². The number of anilines is 2. The molecule has 1 N–H and O–H groups in total. The van der Waals surface area contributed by atoms with Crippen molar-refractivity contribution in [1.29, 1.82) is 0 Å². The van der Waals surface area contributed by atoms with Gasteiger partial charge in [-0.15, -0.1) is 0 Å². The molecule has 2 aliphatic rings. The number of fused-ring (bicyclic) bond motifs is 1. The summed E-state index contributed by atoms with van der Waals surface area (Å²) >= 11 is 0. The highest BCUT2D eigenvalue weighted by molar-refractivity contribution is 5.78. The number of benzene rings is 3. The molecule has 3 unspecified atom stereocenters. The first kappa shape index (κ1) is 31.8. The SMILES string of the molecule is CCC(C)n1ncn(-c2ccc(N3CCN(c4ccc(OCC5COC(Cn6nccn6)(c6ccc7[nH]ncc7c6)O5)cc4)CC3)cc2)c1=O. The molecule has 2 fully saturated rings. The molecule has 14 heteroatoms. The largest absolute Gasteiger partial charge is 0.491 e. The van der Waals surface area contributed by atoms with Crippen molar-refractivity contribution in [3.8, 4) is 11.4 Å². The molecule has 5 heterocycles. The van der Waals surface area contributed by atoms with Crippen molar-refractivity contribution in [1.82, 2.24) is 39.5 Å². The van der Waals surface area contributed by atoms with Crippen molar-refractivity contribution < 1.29 is 14.2 Å². The summed E-state index contributed by atoms with van der Waals surface area (Å²) in [6.07, 6.45) is 7.24. The Morgan fingerprint density at radius 1 is 0.920 bits per heavy atom. The molecule has 2 saturated heterocycles. The molecule has 3 aromatic carbocycles. The Bertz CT molecular complexity index is 2080. The normalized spacial score (nSPS) is 20.1. The Balaban J connectivity index is 0.855. The molecule has 3 aromatic heterocycles. The van der Waals surface area contributed by atoms with E-state index in [0.717, 1.165) is 71.9 Å². The van der Waals surface area contributed by atoms with Crippen molar-refractivity contribution in [2.75, 3.05) is 49.2 Å². The summed E-state index contributed by atoms with van der Waals surface area (Å²) in [7, 11) is 0. The molecule has 6 aromatic rings. The van der Waals surface area contributed by atoms with Gasteiger partial charge in [0.2, 0.25) is 5.79 Å². The lowest BCUT2D eigenvalue weighted by Crippen LogP contribution is -2.46. The average molecular weight is 677 g/mol. The number of nitrogens with one attached hydrogen (secondary N) is 1. The number of rotatable bonds is 11. The summed E-state index contributed by atoms with van der Waals surface area (Å²) in [6.45, 7) is 8.66. The first-order valence-electron chi connectivity index (χ1n) is 17.1. The van der Waals surface area contributed by atoms with E-state index in [2.05, 4.69) is 66.5 Å². The van der Waals surface area contributed by atoms with Crippen molar-refractivity contribution in [2.45, 2.75) is 44.7 Å². The Kier molecular flexibility index (Phi) is 8.54. The topological polar surface area (TPSA) is 133 Å². The maximum atomic E-state index is 12.8. The Morgan fingerprint density at radius 2 is 1.60 bits per heavy atom. The quantitative estimate of drug-likeness (QED) is 0.213. The van der Waals surface area contributed by atoms with Gasteiger partial charge < -0.3 is 24.0 Å². The van der Waals surface area contributed by atoms with Crippen molar-refractivity contribution in [3.63, 3.8) is 0 Å². The number of aromatic amines is 1. The van der Waals surface area contributed by atoms with Crippen LogP contribution in [0.25, 0.3) is 16.6 Å². The third-order valence-corrected chi connectivity index (χ3v) is 9.67. The van der Waals surface area contributed by atoms with Crippen molar-refractivity contribution >= 4 is 22.3 Å². The summed E-state index contributed by atoms with van der Waals surface area (Å²) in [5.41, 5.74) is 4.82. The fraction of sp³-hybridized carbons (Fsp3) is 0.361. The number of nitrogens with zero attached hydrogens (tertiary/aromatic N) is 9. The van der Waals surface area contributed by atoms with Crippen LogP contribution in [0.15, 0.2) is 96.4 Å². The molecule has 8 rings (SSSR count). The lowest BCUT2D eigenvalue weighted by molar-refractivity contribution is -0.192. The van der Waals surface area contributed by atoms with Crippen LogP contribution < -0.4 is 20.2 Å². The number of hydrogen-bond acceptors (Lipinski definition) is 10. The smallest absolute Gasteiger partial charge is 0.350 e. The van der Waals surface area contributed by atoms with Crippen LogP contribution in [-0.2, 0) is 21.8 Å². The van der Waals surface area contributed by atoms with Gasteiger partial charge in [0.15, 0.2) is 0 Å².